The maximum Gasteiger partial charge on any atom is 0.251 e. The van der Waals surface area contributed by atoms with Crippen molar-refractivity contribution in [2.45, 2.75) is 56.1 Å². The van der Waals surface area contributed by atoms with E-state index in [2.05, 4.69) is 10.3 Å². The lowest BCUT2D eigenvalue weighted by Gasteiger charge is -2.30. The van der Waals surface area contributed by atoms with Crippen LogP contribution in [0.3, 0.4) is 0 Å². The molecule has 0 radical (unpaired) electrons. The van der Waals surface area contributed by atoms with Gasteiger partial charge in [-0.1, -0.05) is 43.5 Å². The first-order valence-corrected chi connectivity index (χ1v) is 12.8. The lowest BCUT2D eigenvalue weighted by molar-refractivity contribution is 0.0951. The summed E-state index contributed by atoms with van der Waals surface area (Å²) in [6, 6.07) is 14.3. The molecule has 0 saturated heterocycles. The van der Waals surface area contributed by atoms with E-state index in [0.717, 1.165) is 43.4 Å². The first-order chi connectivity index (χ1) is 15.9. The number of hydrogen-bond donors (Lipinski definition) is 1. The third kappa shape index (κ3) is 5.69. The summed E-state index contributed by atoms with van der Waals surface area (Å²) in [4.78, 5) is 16.8. The fourth-order valence-corrected chi connectivity index (χ4v) is 5.64. The molecule has 0 unspecified atom stereocenters. The van der Waals surface area contributed by atoms with Gasteiger partial charge in [0.1, 0.15) is 0 Å². The summed E-state index contributed by atoms with van der Waals surface area (Å²) in [5.41, 5.74) is 2.58. The highest BCUT2D eigenvalue weighted by Crippen LogP contribution is 2.26. The molecule has 4 rings (SSSR count). The predicted octanol–water partition coefficient (Wildman–Crippen LogP) is 3.81. The van der Waals surface area contributed by atoms with Gasteiger partial charge < -0.3 is 9.88 Å². The number of aromatic nitrogens is 2. The molecule has 3 aromatic rings. The smallest absolute Gasteiger partial charge is 0.251 e. The fourth-order valence-electron chi connectivity index (χ4n) is 4.22. The molecule has 0 aliphatic heterocycles. The van der Waals surface area contributed by atoms with Gasteiger partial charge in [0.2, 0.25) is 10.0 Å². The number of imidazole rings is 1. The average molecular weight is 467 g/mol. The van der Waals surface area contributed by atoms with Gasteiger partial charge in [-0.15, -0.1) is 0 Å². The number of amides is 1. The van der Waals surface area contributed by atoms with E-state index >= 15 is 0 Å². The molecule has 0 bridgehead atoms. The van der Waals surface area contributed by atoms with Crippen LogP contribution in [0.25, 0.3) is 0 Å². The van der Waals surface area contributed by atoms with Crippen LogP contribution in [0.2, 0.25) is 0 Å². The first-order valence-electron chi connectivity index (χ1n) is 11.3. The van der Waals surface area contributed by atoms with Crippen LogP contribution in [-0.2, 0) is 23.1 Å². The highest BCUT2D eigenvalue weighted by atomic mass is 32.2. The van der Waals surface area contributed by atoms with Crippen molar-refractivity contribution in [3.8, 4) is 0 Å². The second-order valence-corrected chi connectivity index (χ2v) is 10.6. The van der Waals surface area contributed by atoms with Gasteiger partial charge in [-0.3, -0.25) is 4.79 Å². The normalized spacial score (nSPS) is 15.0. The highest BCUT2D eigenvalue weighted by Gasteiger charge is 2.29. The van der Waals surface area contributed by atoms with E-state index in [1.807, 2.05) is 35.0 Å². The van der Waals surface area contributed by atoms with Crippen molar-refractivity contribution < 1.29 is 13.2 Å². The van der Waals surface area contributed by atoms with Crippen molar-refractivity contribution in [1.29, 1.82) is 0 Å². The van der Waals surface area contributed by atoms with E-state index in [0.29, 0.717) is 12.1 Å². The number of nitrogens with zero attached hydrogens (tertiary/aromatic N) is 3. The Kier molecular flexibility index (Phi) is 7.25. The van der Waals surface area contributed by atoms with Crippen molar-refractivity contribution in [2.24, 2.45) is 0 Å². The van der Waals surface area contributed by atoms with E-state index in [-0.39, 0.29) is 16.8 Å². The SMILES string of the molecule is CN(C1CCCCC1)S(=O)(=O)c1ccc(C(=O)NCc2ccc(Cn3ccnc3)cc2)cc1. The van der Waals surface area contributed by atoms with Gasteiger partial charge in [0.05, 0.1) is 11.2 Å². The fraction of sp³-hybridized carbons (Fsp3) is 0.360. The molecule has 7 nitrogen and oxygen atoms in total. The van der Waals surface area contributed by atoms with Gasteiger partial charge in [0.25, 0.3) is 5.91 Å². The zero-order valence-electron chi connectivity index (χ0n) is 18.9. The molecule has 33 heavy (non-hydrogen) atoms. The Morgan fingerprint density at radius 1 is 1.03 bits per heavy atom. The van der Waals surface area contributed by atoms with Crippen molar-refractivity contribution in [3.05, 3.63) is 83.9 Å². The zero-order chi connectivity index (χ0) is 23.3. The van der Waals surface area contributed by atoms with Gasteiger partial charge in [0.15, 0.2) is 0 Å². The molecule has 1 amide bonds. The van der Waals surface area contributed by atoms with Crippen molar-refractivity contribution in [3.63, 3.8) is 0 Å². The van der Waals surface area contributed by atoms with Crippen LogP contribution in [-0.4, -0.2) is 41.3 Å². The summed E-state index contributed by atoms with van der Waals surface area (Å²) in [5, 5.41) is 2.90. The standard InChI is InChI=1S/C25H30N4O3S/c1-28(23-5-3-2-4-6-23)33(31,32)24-13-11-22(12-14-24)25(30)27-17-20-7-9-21(10-8-20)18-29-16-15-26-19-29/h7-16,19,23H,2-6,17-18H2,1H3,(H,27,30). The number of sulfonamides is 1. The van der Waals surface area contributed by atoms with Crippen molar-refractivity contribution in [1.82, 2.24) is 19.2 Å². The van der Waals surface area contributed by atoms with Gasteiger partial charge in [0, 0.05) is 44.1 Å². The topological polar surface area (TPSA) is 84.3 Å². The number of carbonyl (C=O) groups is 1. The summed E-state index contributed by atoms with van der Waals surface area (Å²) in [6.45, 7) is 1.15. The van der Waals surface area contributed by atoms with Crippen molar-refractivity contribution >= 4 is 15.9 Å². The largest absolute Gasteiger partial charge is 0.348 e. The number of hydrogen-bond acceptors (Lipinski definition) is 4. The molecular weight excluding hydrogens is 436 g/mol. The Morgan fingerprint density at radius 3 is 2.33 bits per heavy atom. The first kappa shape index (κ1) is 23.2. The molecule has 1 aliphatic carbocycles. The molecule has 8 heteroatoms. The second kappa shape index (κ2) is 10.3. The zero-order valence-corrected chi connectivity index (χ0v) is 19.7. The van der Waals surface area contributed by atoms with E-state index in [9.17, 15) is 13.2 Å². The molecule has 2 aromatic carbocycles. The summed E-state index contributed by atoms with van der Waals surface area (Å²) in [5.74, 6) is -0.234. The highest BCUT2D eigenvalue weighted by molar-refractivity contribution is 7.89. The molecule has 1 aromatic heterocycles. The summed E-state index contributed by atoms with van der Waals surface area (Å²) in [6.07, 6.45) is 10.6. The van der Waals surface area contributed by atoms with Crippen LogP contribution >= 0.6 is 0 Å². The molecule has 1 heterocycles. The third-order valence-corrected chi connectivity index (χ3v) is 8.21. The average Bonchev–Trinajstić information content (AvgIpc) is 3.36. The van der Waals surface area contributed by atoms with Crippen LogP contribution in [0.5, 0.6) is 0 Å². The second-order valence-electron chi connectivity index (χ2n) is 8.57. The molecule has 1 saturated carbocycles. The molecule has 0 atom stereocenters. The van der Waals surface area contributed by atoms with Gasteiger partial charge in [-0.25, -0.2) is 13.4 Å². The maximum atomic E-state index is 13.0. The molecule has 174 valence electrons. The van der Waals surface area contributed by atoms with Crippen LogP contribution in [0, 0.1) is 0 Å². The molecule has 1 N–H and O–H groups in total. The van der Waals surface area contributed by atoms with Crippen molar-refractivity contribution in [2.75, 3.05) is 7.05 Å². The lowest BCUT2D eigenvalue weighted by atomic mass is 9.96. The van der Waals surface area contributed by atoms with Crippen LogP contribution in [0.4, 0.5) is 0 Å². The lowest BCUT2D eigenvalue weighted by Crippen LogP contribution is -2.38. The van der Waals surface area contributed by atoms with Gasteiger partial charge in [-0.05, 0) is 48.2 Å². The molecule has 0 spiro atoms. The van der Waals surface area contributed by atoms with Crippen LogP contribution in [0.15, 0.2) is 72.1 Å². The Balaban J connectivity index is 1.33. The minimum atomic E-state index is -3.56. The van der Waals surface area contributed by atoms with Gasteiger partial charge in [-0.2, -0.15) is 4.31 Å². The maximum absolute atomic E-state index is 13.0. The Morgan fingerprint density at radius 2 is 1.70 bits per heavy atom. The predicted molar refractivity (Wildman–Crippen MR) is 127 cm³/mol. The number of nitrogens with one attached hydrogen (secondary N) is 1. The minimum absolute atomic E-state index is 0.0538. The monoisotopic (exact) mass is 466 g/mol. The Bertz CT molecular complexity index is 1150. The Labute approximate surface area is 195 Å². The molecular formula is C25H30N4O3S. The van der Waals surface area contributed by atoms with Gasteiger partial charge >= 0.3 is 0 Å². The number of benzene rings is 2. The molecule has 1 fully saturated rings. The number of carbonyl (C=O) groups excluding carboxylic acids is 1. The van der Waals surface area contributed by atoms with Crippen LogP contribution < -0.4 is 5.32 Å². The van der Waals surface area contributed by atoms with E-state index in [4.69, 9.17) is 0 Å². The minimum Gasteiger partial charge on any atom is -0.348 e. The quantitative estimate of drug-likeness (QED) is 0.547. The third-order valence-electron chi connectivity index (χ3n) is 6.28. The Hall–Kier alpha value is -2.97. The summed E-state index contributed by atoms with van der Waals surface area (Å²) < 4.78 is 29.4. The molecule has 1 aliphatic rings. The van der Waals surface area contributed by atoms with Crippen LogP contribution in [0.1, 0.15) is 53.6 Å². The number of rotatable bonds is 8. The van der Waals surface area contributed by atoms with E-state index in [1.165, 1.54) is 22.9 Å². The summed E-state index contributed by atoms with van der Waals surface area (Å²) >= 11 is 0. The summed E-state index contributed by atoms with van der Waals surface area (Å²) in [7, 11) is -1.90. The van der Waals surface area contributed by atoms with E-state index in [1.54, 1.807) is 31.7 Å². The van der Waals surface area contributed by atoms with E-state index < -0.39 is 10.0 Å².